The molecule has 4 rings (SSSR count). The first-order valence-electron chi connectivity index (χ1n) is 9.40. The summed E-state index contributed by atoms with van der Waals surface area (Å²) < 4.78 is 2.35. The lowest BCUT2D eigenvalue weighted by Crippen LogP contribution is -2.17. The number of fused-ring (bicyclic) bond motifs is 1. The quantitative estimate of drug-likeness (QED) is 0.394. The molecule has 4 aromatic rings. The maximum absolute atomic E-state index is 12.4. The van der Waals surface area contributed by atoms with Crippen LogP contribution in [0.4, 0.5) is 11.6 Å². The van der Waals surface area contributed by atoms with Crippen LogP contribution in [0.5, 0.6) is 0 Å². The van der Waals surface area contributed by atoms with Crippen LogP contribution < -0.4 is 16.2 Å². The lowest BCUT2D eigenvalue weighted by Gasteiger charge is -2.05. The molecule has 7 nitrogen and oxygen atoms in total. The monoisotopic (exact) mass is 452 g/mol. The van der Waals surface area contributed by atoms with Gasteiger partial charge in [-0.15, -0.1) is 0 Å². The van der Waals surface area contributed by atoms with Gasteiger partial charge >= 0.3 is 0 Å². The van der Waals surface area contributed by atoms with E-state index in [9.17, 15) is 4.79 Å². The number of rotatable bonds is 7. The summed E-state index contributed by atoms with van der Waals surface area (Å²) in [6, 6.07) is 17.7. The molecule has 0 saturated heterocycles. The van der Waals surface area contributed by atoms with Crippen molar-refractivity contribution in [1.82, 2.24) is 19.6 Å². The zero-order valence-electron chi connectivity index (χ0n) is 15.9. The number of nitrogens with zero attached hydrogens (tertiary/aromatic N) is 3. The van der Waals surface area contributed by atoms with Crippen molar-refractivity contribution in [2.75, 3.05) is 10.6 Å². The van der Waals surface area contributed by atoms with Crippen molar-refractivity contribution in [3.05, 3.63) is 86.2 Å². The van der Waals surface area contributed by atoms with Crippen molar-refractivity contribution < 1.29 is 0 Å². The number of nitrogens with one attached hydrogen (secondary N) is 3. The van der Waals surface area contributed by atoms with Gasteiger partial charge < -0.3 is 10.6 Å². The third kappa shape index (κ3) is 4.65. The third-order valence-corrected chi connectivity index (χ3v) is 5.12. The van der Waals surface area contributed by atoms with Gasteiger partial charge in [-0.25, -0.2) is 4.98 Å². The van der Waals surface area contributed by atoms with Crippen LogP contribution in [0.2, 0.25) is 0 Å². The number of anilines is 2. The molecule has 0 aliphatic rings. The van der Waals surface area contributed by atoms with Crippen LogP contribution in [-0.2, 0) is 19.5 Å². The number of halogens is 1. The first kappa shape index (κ1) is 19.2. The van der Waals surface area contributed by atoms with Gasteiger partial charge in [-0.1, -0.05) is 47.1 Å². The van der Waals surface area contributed by atoms with Crippen LogP contribution in [0, 0.1) is 0 Å². The Kier molecular flexibility index (Phi) is 5.62. The first-order valence-corrected chi connectivity index (χ1v) is 10.2. The fourth-order valence-corrected chi connectivity index (χ4v) is 3.20. The van der Waals surface area contributed by atoms with E-state index in [4.69, 9.17) is 0 Å². The maximum Gasteiger partial charge on any atom is 0.274 e. The normalized spacial score (nSPS) is 11.0. The highest BCUT2D eigenvalue weighted by atomic mass is 79.9. The molecule has 3 N–H and O–H groups in total. The second-order valence-corrected chi connectivity index (χ2v) is 7.59. The molecule has 148 valence electrons. The smallest absolute Gasteiger partial charge is 0.274 e. The van der Waals surface area contributed by atoms with Crippen molar-refractivity contribution in [1.29, 1.82) is 0 Å². The SMILES string of the molecule is CCc1ccc(CNc2nc3nc(CNc4ccc(Br)cc4)cc(=O)n3[nH]2)cc1. The summed E-state index contributed by atoms with van der Waals surface area (Å²) in [6.07, 6.45) is 1.02. The third-order valence-electron chi connectivity index (χ3n) is 4.59. The molecule has 0 amide bonds. The van der Waals surface area contributed by atoms with Gasteiger partial charge in [0.05, 0.1) is 12.2 Å². The second-order valence-electron chi connectivity index (χ2n) is 6.68. The van der Waals surface area contributed by atoms with Gasteiger partial charge in [0.2, 0.25) is 5.95 Å². The van der Waals surface area contributed by atoms with E-state index in [1.165, 1.54) is 16.1 Å². The van der Waals surface area contributed by atoms with Crippen molar-refractivity contribution in [2.24, 2.45) is 0 Å². The molecule has 2 aromatic heterocycles. The molecule has 0 spiro atoms. The fraction of sp³-hybridized carbons (Fsp3) is 0.190. The predicted octanol–water partition coefficient (Wildman–Crippen LogP) is 3.97. The number of H-pyrrole nitrogens is 1. The van der Waals surface area contributed by atoms with Gasteiger partial charge in [-0.2, -0.15) is 9.50 Å². The van der Waals surface area contributed by atoms with E-state index in [1.54, 1.807) is 0 Å². The number of hydrogen-bond acceptors (Lipinski definition) is 5. The highest BCUT2D eigenvalue weighted by Crippen LogP contribution is 2.15. The minimum Gasteiger partial charge on any atom is -0.379 e. The number of benzene rings is 2. The molecule has 0 aliphatic carbocycles. The van der Waals surface area contributed by atoms with Crippen molar-refractivity contribution >= 4 is 33.3 Å². The molecule has 0 unspecified atom stereocenters. The van der Waals surface area contributed by atoms with Crippen LogP contribution in [0.25, 0.3) is 5.78 Å². The van der Waals surface area contributed by atoms with Gasteiger partial charge in [0, 0.05) is 22.8 Å². The van der Waals surface area contributed by atoms with Gasteiger partial charge in [-0.3, -0.25) is 9.89 Å². The largest absolute Gasteiger partial charge is 0.379 e. The van der Waals surface area contributed by atoms with E-state index in [2.05, 4.69) is 72.8 Å². The van der Waals surface area contributed by atoms with Gasteiger partial charge in [0.25, 0.3) is 11.3 Å². The Bertz CT molecular complexity index is 1160. The highest BCUT2D eigenvalue weighted by molar-refractivity contribution is 9.10. The molecule has 0 radical (unpaired) electrons. The molecular formula is C21H21BrN6O. The molecule has 0 saturated carbocycles. The molecule has 2 aromatic carbocycles. The van der Waals surface area contributed by atoms with E-state index in [-0.39, 0.29) is 5.56 Å². The molecule has 29 heavy (non-hydrogen) atoms. The zero-order chi connectivity index (χ0) is 20.2. The standard InChI is InChI=1S/C21H21BrN6O/c1-2-14-3-5-15(6-4-14)12-24-20-26-21-25-18(11-19(29)28(21)27-20)13-23-17-9-7-16(22)8-10-17/h3-11,23H,2,12-13H2,1H3,(H2,24,25,26,27). The lowest BCUT2D eigenvalue weighted by molar-refractivity contribution is 0.874. The second kappa shape index (κ2) is 8.48. The average Bonchev–Trinajstić information content (AvgIpc) is 3.16. The molecule has 0 aliphatic heterocycles. The predicted molar refractivity (Wildman–Crippen MR) is 118 cm³/mol. The Balaban J connectivity index is 1.46. The fourth-order valence-electron chi connectivity index (χ4n) is 2.94. The van der Waals surface area contributed by atoms with Crippen LogP contribution >= 0.6 is 15.9 Å². The van der Waals surface area contributed by atoms with Crippen LogP contribution in [0.1, 0.15) is 23.7 Å². The Labute approximate surface area is 176 Å². The van der Waals surface area contributed by atoms with E-state index >= 15 is 0 Å². The molecule has 0 fully saturated rings. The summed E-state index contributed by atoms with van der Waals surface area (Å²) in [5.41, 5.74) is 3.83. The van der Waals surface area contributed by atoms with E-state index < -0.39 is 0 Å². The van der Waals surface area contributed by atoms with Crippen molar-refractivity contribution in [3.63, 3.8) is 0 Å². The number of aromatic amines is 1. The minimum atomic E-state index is -0.199. The van der Waals surface area contributed by atoms with Gasteiger partial charge in [0.15, 0.2) is 0 Å². The van der Waals surface area contributed by atoms with Gasteiger partial charge in [0.1, 0.15) is 0 Å². The first-order chi connectivity index (χ1) is 14.1. The van der Waals surface area contributed by atoms with E-state index in [0.29, 0.717) is 30.5 Å². The van der Waals surface area contributed by atoms with Crippen LogP contribution in [0.15, 0.2) is 63.9 Å². The Hall–Kier alpha value is -3.13. The summed E-state index contributed by atoms with van der Waals surface area (Å²) in [5.74, 6) is 0.848. The lowest BCUT2D eigenvalue weighted by atomic mass is 10.1. The molecule has 2 heterocycles. The Morgan fingerprint density at radius 1 is 0.966 bits per heavy atom. The number of aromatic nitrogens is 4. The molecule has 8 heteroatoms. The summed E-state index contributed by atoms with van der Waals surface area (Å²) in [4.78, 5) is 21.3. The van der Waals surface area contributed by atoms with Crippen LogP contribution in [0.3, 0.4) is 0 Å². The van der Waals surface area contributed by atoms with Crippen molar-refractivity contribution in [2.45, 2.75) is 26.4 Å². The number of aryl methyl sites for hydroxylation is 1. The Morgan fingerprint density at radius 3 is 2.41 bits per heavy atom. The summed E-state index contributed by atoms with van der Waals surface area (Å²) in [6.45, 7) is 3.18. The zero-order valence-corrected chi connectivity index (χ0v) is 17.5. The van der Waals surface area contributed by atoms with E-state index in [0.717, 1.165) is 22.1 Å². The maximum atomic E-state index is 12.4. The minimum absolute atomic E-state index is 0.199. The Morgan fingerprint density at radius 2 is 1.69 bits per heavy atom. The average molecular weight is 453 g/mol. The summed E-state index contributed by atoms with van der Waals surface area (Å²) in [7, 11) is 0. The topological polar surface area (TPSA) is 87.1 Å². The summed E-state index contributed by atoms with van der Waals surface area (Å²) in [5, 5.41) is 9.43. The molecule has 0 atom stereocenters. The summed E-state index contributed by atoms with van der Waals surface area (Å²) >= 11 is 3.41. The molecular weight excluding hydrogens is 432 g/mol. The van der Waals surface area contributed by atoms with E-state index in [1.807, 2.05) is 24.3 Å². The van der Waals surface area contributed by atoms with Crippen molar-refractivity contribution in [3.8, 4) is 0 Å². The highest BCUT2D eigenvalue weighted by Gasteiger charge is 2.08. The van der Waals surface area contributed by atoms with Crippen LogP contribution in [-0.4, -0.2) is 19.6 Å². The van der Waals surface area contributed by atoms with Gasteiger partial charge in [-0.05, 0) is 41.8 Å². The molecule has 0 bridgehead atoms. The number of hydrogen-bond donors (Lipinski definition) is 3.